The van der Waals surface area contributed by atoms with Gasteiger partial charge in [-0.25, -0.2) is 9.97 Å². The van der Waals surface area contributed by atoms with Gasteiger partial charge in [-0.15, -0.1) is 0 Å². The lowest BCUT2D eigenvalue weighted by atomic mass is 10.1. The molecule has 7 heteroatoms. The fraction of sp³-hybridized carbons (Fsp3) is 0.238. The molecule has 3 aromatic rings. The molecule has 1 aliphatic heterocycles. The molecule has 142 valence electrons. The Hall–Kier alpha value is -3.48. The van der Waals surface area contributed by atoms with Crippen LogP contribution in [0.5, 0.6) is 0 Å². The molecule has 0 aliphatic carbocycles. The Labute approximate surface area is 162 Å². The molecule has 0 unspecified atom stereocenters. The van der Waals surface area contributed by atoms with Crippen LogP contribution in [-0.4, -0.2) is 52.7 Å². The van der Waals surface area contributed by atoms with Crippen LogP contribution in [0.4, 0.5) is 5.95 Å². The number of rotatable bonds is 4. The molecule has 0 bridgehead atoms. The first kappa shape index (κ1) is 17.9. The summed E-state index contributed by atoms with van der Waals surface area (Å²) in [7, 11) is 0. The number of furan rings is 1. The summed E-state index contributed by atoms with van der Waals surface area (Å²) in [5.74, 6) is 1.50. The van der Waals surface area contributed by atoms with Crippen molar-refractivity contribution in [3.8, 4) is 11.3 Å². The number of aromatic nitrogens is 2. The van der Waals surface area contributed by atoms with Gasteiger partial charge in [-0.2, -0.15) is 0 Å². The van der Waals surface area contributed by atoms with Gasteiger partial charge in [0.05, 0.1) is 0 Å². The molecule has 7 nitrogen and oxygen atoms in total. The maximum absolute atomic E-state index is 12.8. The lowest BCUT2D eigenvalue weighted by Gasteiger charge is -2.34. The lowest BCUT2D eigenvalue weighted by molar-refractivity contribution is 0.0715. The van der Waals surface area contributed by atoms with Crippen molar-refractivity contribution >= 4 is 17.6 Å². The molecule has 1 saturated heterocycles. The zero-order valence-electron chi connectivity index (χ0n) is 15.5. The number of Topliss-reactive ketones (excluding diaryl/α,β-unsaturated/α-hetero) is 1. The highest BCUT2D eigenvalue weighted by molar-refractivity contribution is 5.94. The predicted octanol–water partition coefficient (Wildman–Crippen LogP) is 2.90. The van der Waals surface area contributed by atoms with E-state index in [1.54, 1.807) is 47.6 Å². The largest absolute Gasteiger partial charge is 0.451 e. The molecular formula is C21H20N4O3. The number of carbonyl (C=O) groups excluding carboxylic acids is 2. The SMILES string of the molecule is CC(=O)c1ccc(-c2ccc(C(=O)N3CCN(c4ncccn4)CC3)o2)cc1. The molecule has 0 spiro atoms. The topological polar surface area (TPSA) is 79.5 Å². The Kier molecular flexibility index (Phi) is 4.89. The van der Waals surface area contributed by atoms with Gasteiger partial charge in [-0.3, -0.25) is 9.59 Å². The standard InChI is InChI=1S/C21H20N4O3/c1-15(26)16-3-5-17(6-4-16)18-7-8-19(28-18)20(27)24-11-13-25(14-12-24)21-22-9-2-10-23-21/h2-10H,11-14H2,1H3. The number of hydrogen-bond donors (Lipinski definition) is 0. The molecule has 1 aromatic carbocycles. The third-order valence-corrected chi connectivity index (χ3v) is 4.79. The van der Waals surface area contributed by atoms with Crippen molar-refractivity contribution in [3.63, 3.8) is 0 Å². The minimum atomic E-state index is -0.125. The summed E-state index contributed by atoms with van der Waals surface area (Å²) in [6.07, 6.45) is 3.43. The smallest absolute Gasteiger partial charge is 0.289 e. The van der Waals surface area contributed by atoms with Gasteiger partial charge < -0.3 is 14.2 Å². The Morgan fingerprint density at radius 3 is 2.25 bits per heavy atom. The van der Waals surface area contributed by atoms with E-state index in [-0.39, 0.29) is 11.7 Å². The highest BCUT2D eigenvalue weighted by Crippen LogP contribution is 2.24. The van der Waals surface area contributed by atoms with Gasteiger partial charge in [-0.1, -0.05) is 24.3 Å². The maximum Gasteiger partial charge on any atom is 0.289 e. The highest BCUT2D eigenvalue weighted by atomic mass is 16.4. The number of piperazine rings is 1. The van der Waals surface area contributed by atoms with E-state index in [1.807, 2.05) is 12.1 Å². The maximum atomic E-state index is 12.8. The molecule has 2 aromatic heterocycles. The van der Waals surface area contributed by atoms with Crippen molar-refractivity contribution in [3.05, 3.63) is 66.2 Å². The second-order valence-corrected chi connectivity index (χ2v) is 6.63. The van der Waals surface area contributed by atoms with E-state index in [9.17, 15) is 9.59 Å². The number of ketones is 1. The summed E-state index contributed by atoms with van der Waals surface area (Å²) >= 11 is 0. The van der Waals surface area contributed by atoms with E-state index in [0.717, 1.165) is 5.56 Å². The van der Waals surface area contributed by atoms with Crippen LogP contribution in [-0.2, 0) is 0 Å². The zero-order chi connectivity index (χ0) is 19.5. The van der Waals surface area contributed by atoms with Gasteiger partial charge in [-0.05, 0) is 25.1 Å². The van der Waals surface area contributed by atoms with Crippen LogP contribution >= 0.6 is 0 Å². The number of hydrogen-bond acceptors (Lipinski definition) is 6. The Bertz CT molecular complexity index is 974. The van der Waals surface area contributed by atoms with Gasteiger partial charge in [0.1, 0.15) is 5.76 Å². The first-order valence-electron chi connectivity index (χ1n) is 9.14. The molecule has 0 radical (unpaired) electrons. The fourth-order valence-electron chi connectivity index (χ4n) is 3.20. The fourth-order valence-corrected chi connectivity index (χ4v) is 3.20. The summed E-state index contributed by atoms with van der Waals surface area (Å²) in [5, 5.41) is 0. The molecule has 28 heavy (non-hydrogen) atoms. The van der Waals surface area contributed by atoms with Gasteiger partial charge in [0.25, 0.3) is 5.91 Å². The molecule has 4 rings (SSSR count). The van der Waals surface area contributed by atoms with Gasteiger partial charge >= 0.3 is 0 Å². The summed E-state index contributed by atoms with van der Waals surface area (Å²) in [6.45, 7) is 4.05. The van der Waals surface area contributed by atoms with Gasteiger partial charge in [0.2, 0.25) is 5.95 Å². The van der Waals surface area contributed by atoms with Crippen molar-refractivity contribution < 1.29 is 14.0 Å². The third kappa shape index (κ3) is 3.64. The van der Waals surface area contributed by atoms with Crippen LogP contribution in [0, 0.1) is 0 Å². The monoisotopic (exact) mass is 376 g/mol. The molecule has 0 atom stereocenters. The second-order valence-electron chi connectivity index (χ2n) is 6.63. The first-order chi connectivity index (χ1) is 13.6. The Morgan fingerprint density at radius 2 is 1.61 bits per heavy atom. The van der Waals surface area contributed by atoms with Crippen LogP contribution in [0.15, 0.2) is 59.3 Å². The highest BCUT2D eigenvalue weighted by Gasteiger charge is 2.25. The Balaban J connectivity index is 1.41. The minimum Gasteiger partial charge on any atom is -0.451 e. The molecule has 1 aliphatic rings. The van der Waals surface area contributed by atoms with Crippen LogP contribution < -0.4 is 4.90 Å². The predicted molar refractivity (Wildman–Crippen MR) is 104 cm³/mol. The summed E-state index contributed by atoms with van der Waals surface area (Å²) < 4.78 is 5.78. The van der Waals surface area contributed by atoms with Crippen LogP contribution in [0.2, 0.25) is 0 Å². The number of benzene rings is 1. The van der Waals surface area contributed by atoms with E-state index in [0.29, 0.717) is 49.2 Å². The van der Waals surface area contributed by atoms with Crippen molar-refractivity contribution in [2.75, 3.05) is 31.1 Å². The molecule has 3 heterocycles. The van der Waals surface area contributed by atoms with Gasteiger partial charge in [0.15, 0.2) is 11.5 Å². The van der Waals surface area contributed by atoms with E-state index in [4.69, 9.17) is 4.42 Å². The van der Waals surface area contributed by atoms with Crippen LogP contribution in [0.3, 0.4) is 0 Å². The normalized spacial score (nSPS) is 14.2. The van der Waals surface area contributed by atoms with Crippen molar-refractivity contribution in [2.45, 2.75) is 6.92 Å². The third-order valence-electron chi connectivity index (χ3n) is 4.79. The minimum absolute atomic E-state index is 0.0157. The van der Waals surface area contributed by atoms with Crippen LogP contribution in [0.1, 0.15) is 27.8 Å². The summed E-state index contributed by atoms with van der Waals surface area (Å²) in [4.78, 5) is 36.5. The quantitative estimate of drug-likeness (QED) is 0.652. The Morgan fingerprint density at radius 1 is 0.929 bits per heavy atom. The van der Waals surface area contributed by atoms with Crippen molar-refractivity contribution in [1.29, 1.82) is 0 Å². The molecule has 1 amide bonds. The van der Waals surface area contributed by atoms with E-state index in [1.165, 1.54) is 6.92 Å². The number of anilines is 1. The summed E-state index contributed by atoms with van der Waals surface area (Å²) in [5.41, 5.74) is 1.47. The van der Waals surface area contributed by atoms with E-state index >= 15 is 0 Å². The molecule has 0 N–H and O–H groups in total. The lowest BCUT2D eigenvalue weighted by Crippen LogP contribution is -2.49. The second kappa shape index (κ2) is 7.64. The molecule has 1 fully saturated rings. The number of amides is 1. The first-order valence-corrected chi connectivity index (χ1v) is 9.14. The summed E-state index contributed by atoms with van der Waals surface area (Å²) in [6, 6.07) is 12.4. The average molecular weight is 376 g/mol. The van der Waals surface area contributed by atoms with Crippen molar-refractivity contribution in [1.82, 2.24) is 14.9 Å². The van der Waals surface area contributed by atoms with Crippen molar-refractivity contribution in [2.24, 2.45) is 0 Å². The molecule has 0 saturated carbocycles. The van der Waals surface area contributed by atoms with E-state index < -0.39 is 0 Å². The average Bonchev–Trinajstić information content (AvgIpc) is 3.24. The molecular weight excluding hydrogens is 356 g/mol. The zero-order valence-corrected chi connectivity index (χ0v) is 15.5. The van der Waals surface area contributed by atoms with E-state index in [2.05, 4.69) is 14.9 Å². The number of carbonyl (C=O) groups is 2. The van der Waals surface area contributed by atoms with Crippen LogP contribution in [0.25, 0.3) is 11.3 Å². The number of nitrogens with zero attached hydrogens (tertiary/aromatic N) is 4. The van der Waals surface area contributed by atoms with Gasteiger partial charge in [0, 0.05) is 49.7 Å².